The Labute approximate surface area is 156 Å². The van der Waals surface area contributed by atoms with Crippen molar-refractivity contribution in [3.8, 4) is 0 Å². The van der Waals surface area contributed by atoms with Crippen LogP contribution >= 0.6 is 11.3 Å². The van der Waals surface area contributed by atoms with E-state index in [0.717, 1.165) is 11.3 Å². The normalized spacial score (nSPS) is 11.2. The fourth-order valence-corrected chi connectivity index (χ4v) is 3.33. The van der Waals surface area contributed by atoms with Crippen LogP contribution in [0.3, 0.4) is 0 Å². The molecule has 0 spiro atoms. The Morgan fingerprint density at radius 1 is 0.923 bits per heavy atom. The molecule has 2 heterocycles. The van der Waals surface area contributed by atoms with Crippen LogP contribution in [-0.4, -0.2) is 11.8 Å². The molecule has 1 aromatic carbocycles. The molecule has 3 aromatic rings. The summed E-state index contributed by atoms with van der Waals surface area (Å²) in [7, 11) is 0. The molecule has 0 aliphatic carbocycles. The second kappa shape index (κ2) is 7.17. The minimum atomic E-state index is -0.345. The highest BCUT2D eigenvalue weighted by atomic mass is 32.1. The van der Waals surface area contributed by atoms with Crippen molar-refractivity contribution in [3.63, 3.8) is 0 Å². The number of amides is 2. The van der Waals surface area contributed by atoms with Crippen molar-refractivity contribution in [2.24, 2.45) is 0 Å². The zero-order valence-corrected chi connectivity index (χ0v) is 15.6. The summed E-state index contributed by atoms with van der Waals surface area (Å²) in [6.07, 6.45) is 1.44. The molecule has 0 unspecified atom stereocenters. The van der Waals surface area contributed by atoms with Gasteiger partial charge in [0.1, 0.15) is 0 Å². The van der Waals surface area contributed by atoms with Gasteiger partial charge >= 0.3 is 0 Å². The number of carbonyl (C=O) groups excluding carboxylic acids is 2. The third kappa shape index (κ3) is 4.03. The van der Waals surface area contributed by atoms with Gasteiger partial charge in [-0.15, -0.1) is 11.3 Å². The Morgan fingerprint density at radius 3 is 2.38 bits per heavy atom. The second-order valence-corrected chi connectivity index (χ2v) is 7.93. The second-order valence-electron chi connectivity index (χ2n) is 6.85. The third-order valence-electron chi connectivity index (χ3n) is 3.79. The van der Waals surface area contributed by atoms with E-state index in [0.29, 0.717) is 9.88 Å². The Balaban J connectivity index is 1.72. The van der Waals surface area contributed by atoms with E-state index in [1.54, 1.807) is 24.3 Å². The first-order valence-electron chi connectivity index (χ1n) is 8.20. The monoisotopic (exact) mass is 368 g/mol. The summed E-state index contributed by atoms with van der Waals surface area (Å²) < 4.78 is 5.06. The molecule has 3 rings (SSSR count). The maximum Gasteiger partial charge on any atom is 0.291 e. The average Bonchev–Trinajstić information content (AvgIpc) is 3.26. The largest absolute Gasteiger partial charge is 0.459 e. The Morgan fingerprint density at radius 2 is 1.69 bits per heavy atom. The molecular formula is C20H20N2O3S. The van der Waals surface area contributed by atoms with Crippen molar-refractivity contribution in [2.75, 3.05) is 10.6 Å². The van der Waals surface area contributed by atoms with Gasteiger partial charge in [-0.05, 0) is 41.3 Å². The van der Waals surface area contributed by atoms with Crippen LogP contribution in [0.2, 0.25) is 0 Å². The fourth-order valence-electron chi connectivity index (χ4n) is 2.54. The Hall–Kier alpha value is -2.86. The van der Waals surface area contributed by atoms with E-state index in [9.17, 15) is 9.59 Å². The summed E-state index contributed by atoms with van der Waals surface area (Å²) in [6.45, 7) is 6.31. The summed E-state index contributed by atoms with van der Waals surface area (Å²) in [5.74, 6) is -0.324. The van der Waals surface area contributed by atoms with Crippen LogP contribution < -0.4 is 10.6 Å². The Kier molecular flexibility index (Phi) is 4.95. The van der Waals surface area contributed by atoms with Crippen molar-refractivity contribution >= 4 is 33.8 Å². The van der Waals surface area contributed by atoms with Gasteiger partial charge < -0.3 is 15.1 Å². The smallest absolute Gasteiger partial charge is 0.291 e. The van der Waals surface area contributed by atoms with Crippen LogP contribution in [0, 0.1) is 0 Å². The fraction of sp³-hybridized carbons (Fsp3) is 0.200. The zero-order valence-electron chi connectivity index (χ0n) is 14.8. The highest BCUT2D eigenvalue weighted by Crippen LogP contribution is 2.30. The predicted octanol–water partition coefficient (Wildman–Crippen LogP) is 5.14. The van der Waals surface area contributed by atoms with Crippen LogP contribution in [-0.2, 0) is 5.41 Å². The quantitative estimate of drug-likeness (QED) is 0.669. The summed E-state index contributed by atoms with van der Waals surface area (Å²) in [4.78, 5) is 25.1. The number of furan rings is 1. The van der Waals surface area contributed by atoms with Crippen LogP contribution in [0.4, 0.5) is 10.7 Å². The van der Waals surface area contributed by atoms with Crippen LogP contribution in [0.1, 0.15) is 46.6 Å². The van der Waals surface area contributed by atoms with E-state index in [-0.39, 0.29) is 23.0 Å². The standard InChI is InChI=1S/C20H20N2O3S/c1-20(2,3)13-7-4-5-8-14(13)21-19(24)16-10-11-17(26-16)22-18(23)15-9-6-12-25-15/h4-12H,1-3H3,(H,21,24)(H,22,23). The molecule has 0 saturated heterocycles. The third-order valence-corrected chi connectivity index (χ3v) is 4.79. The van der Waals surface area contributed by atoms with Crippen LogP contribution in [0.15, 0.2) is 59.2 Å². The van der Waals surface area contributed by atoms with Crippen molar-refractivity contribution in [3.05, 3.63) is 71.0 Å². The lowest BCUT2D eigenvalue weighted by Crippen LogP contribution is -2.18. The van der Waals surface area contributed by atoms with Gasteiger partial charge in [0.2, 0.25) is 0 Å². The first kappa shape index (κ1) is 17.9. The van der Waals surface area contributed by atoms with Gasteiger partial charge in [-0.2, -0.15) is 0 Å². The molecule has 0 atom stereocenters. The van der Waals surface area contributed by atoms with Gasteiger partial charge in [-0.3, -0.25) is 9.59 Å². The number of benzene rings is 1. The highest BCUT2D eigenvalue weighted by Gasteiger charge is 2.20. The summed E-state index contributed by atoms with van der Waals surface area (Å²) in [5.41, 5.74) is 1.78. The molecule has 2 aromatic heterocycles. The van der Waals surface area contributed by atoms with Gasteiger partial charge in [0.05, 0.1) is 16.1 Å². The average molecular weight is 368 g/mol. The molecular weight excluding hydrogens is 348 g/mol. The van der Waals surface area contributed by atoms with Crippen molar-refractivity contribution in [1.82, 2.24) is 0 Å². The maximum absolute atomic E-state index is 12.6. The van der Waals surface area contributed by atoms with Crippen LogP contribution in [0.25, 0.3) is 0 Å². The molecule has 0 radical (unpaired) electrons. The van der Waals surface area contributed by atoms with Gasteiger partial charge in [0.25, 0.3) is 11.8 Å². The maximum atomic E-state index is 12.6. The number of hydrogen-bond acceptors (Lipinski definition) is 4. The summed E-state index contributed by atoms with van der Waals surface area (Å²) in [6, 6.07) is 14.4. The number of nitrogens with one attached hydrogen (secondary N) is 2. The molecule has 0 saturated carbocycles. The molecule has 0 aliphatic heterocycles. The number of thiophene rings is 1. The lowest BCUT2D eigenvalue weighted by molar-refractivity contribution is 0.0995. The number of anilines is 2. The Bertz CT molecular complexity index is 921. The van der Waals surface area contributed by atoms with E-state index in [1.165, 1.54) is 17.6 Å². The molecule has 2 N–H and O–H groups in total. The highest BCUT2D eigenvalue weighted by molar-refractivity contribution is 7.18. The minimum Gasteiger partial charge on any atom is -0.459 e. The molecule has 26 heavy (non-hydrogen) atoms. The lowest BCUT2D eigenvalue weighted by atomic mass is 9.86. The SMILES string of the molecule is CC(C)(C)c1ccccc1NC(=O)c1ccc(NC(=O)c2ccco2)s1. The van der Waals surface area contributed by atoms with E-state index in [2.05, 4.69) is 31.4 Å². The van der Waals surface area contributed by atoms with Crippen LogP contribution in [0.5, 0.6) is 0 Å². The predicted molar refractivity (Wildman–Crippen MR) is 104 cm³/mol. The van der Waals surface area contributed by atoms with E-state index < -0.39 is 0 Å². The first-order chi connectivity index (χ1) is 12.3. The number of para-hydroxylation sites is 1. The molecule has 5 nitrogen and oxygen atoms in total. The van der Waals surface area contributed by atoms with E-state index in [1.807, 2.05) is 24.3 Å². The topological polar surface area (TPSA) is 71.3 Å². The van der Waals surface area contributed by atoms with Gasteiger partial charge in [0.15, 0.2) is 5.76 Å². The molecule has 134 valence electrons. The van der Waals surface area contributed by atoms with E-state index in [4.69, 9.17) is 4.42 Å². The first-order valence-corrected chi connectivity index (χ1v) is 9.02. The van der Waals surface area contributed by atoms with Crippen molar-refractivity contribution < 1.29 is 14.0 Å². The molecule has 0 bridgehead atoms. The van der Waals surface area contributed by atoms with Gasteiger partial charge in [-0.1, -0.05) is 39.0 Å². The van der Waals surface area contributed by atoms with Crippen molar-refractivity contribution in [2.45, 2.75) is 26.2 Å². The summed E-state index contributed by atoms with van der Waals surface area (Å²) in [5, 5.41) is 6.28. The van der Waals surface area contributed by atoms with Gasteiger partial charge in [-0.25, -0.2) is 0 Å². The van der Waals surface area contributed by atoms with Gasteiger partial charge in [0, 0.05) is 5.69 Å². The molecule has 2 amide bonds. The molecule has 0 aliphatic rings. The number of carbonyl (C=O) groups is 2. The number of rotatable bonds is 4. The molecule has 6 heteroatoms. The summed E-state index contributed by atoms with van der Waals surface area (Å²) >= 11 is 1.21. The lowest BCUT2D eigenvalue weighted by Gasteiger charge is -2.22. The van der Waals surface area contributed by atoms with Crippen molar-refractivity contribution in [1.29, 1.82) is 0 Å². The minimum absolute atomic E-state index is 0.0818. The number of hydrogen-bond donors (Lipinski definition) is 2. The van der Waals surface area contributed by atoms with E-state index >= 15 is 0 Å². The molecule has 0 fully saturated rings. The zero-order chi connectivity index (χ0) is 18.7.